The van der Waals surface area contributed by atoms with E-state index in [1.807, 2.05) is 0 Å². The molecule has 394 valence electrons. The Bertz CT molecular complexity index is 5130. The maximum absolute atomic E-state index is 7.00. The van der Waals surface area contributed by atoms with Crippen LogP contribution in [0.2, 0.25) is 0 Å². The lowest BCUT2D eigenvalue weighted by atomic mass is 9.56. The van der Waals surface area contributed by atoms with Gasteiger partial charge in [0.25, 0.3) is 0 Å². The van der Waals surface area contributed by atoms with E-state index in [0.29, 0.717) is 0 Å². The number of benzene rings is 14. The van der Waals surface area contributed by atoms with E-state index in [1.165, 1.54) is 76.8 Å². The summed E-state index contributed by atoms with van der Waals surface area (Å²) in [5.74, 6) is 0. The first-order chi connectivity index (χ1) is 41.4. The van der Waals surface area contributed by atoms with Crippen molar-refractivity contribution in [3.05, 3.63) is 301 Å². The maximum Gasteiger partial charge on any atom is 0.159 e. The van der Waals surface area contributed by atoms with Crippen LogP contribution in [0.15, 0.2) is 288 Å². The zero-order chi connectivity index (χ0) is 55.4. The van der Waals surface area contributed by atoms with E-state index in [4.69, 9.17) is 8.83 Å². The van der Waals surface area contributed by atoms with E-state index in [2.05, 4.69) is 303 Å². The summed E-state index contributed by atoms with van der Waals surface area (Å²) in [6, 6.07) is 103. The highest BCUT2D eigenvalue weighted by Crippen LogP contribution is 2.68. The molecule has 2 atom stereocenters. The summed E-state index contributed by atoms with van der Waals surface area (Å²) in [6.45, 7) is 5.10. The molecule has 0 spiro atoms. The third kappa shape index (κ3) is 6.31. The molecular weight excluding hydrogens is 1020 g/mol. The van der Waals surface area contributed by atoms with Crippen molar-refractivity contribution in [1.82, 2.24) is 0 Å². The van der Waals surface area contributed by atoms with Crippen LogP contribution in [0.25, 0.3) is 109 Å². The number of para-hydroxylation sites is 4. The van der Waals surface area contributed by atoms with E-state index >= 15 is 0 Å². The number of nitrogens with zero attached hydrogens (tertiary/aromatic N) is 2. The normalized spacial score (nSPS) is 16.1. The van der Waals surface area contributed by atoms with Gasteiger partial charge in [-0.2, -0.15) is 0 Å². The Labute approximate surface area is 485 Å². The molecule has 2 aromatic heterocycles. The lowest BCUT2D eigenvalue weighted by molar-refractivity contribution is 0.376. The molecular formula is C80H52N2O2. The van der Waals surface area contributed by atoms with Gasteiger partial charge in [0.05, 0.1) is 22.7 Å². The summed E-state index contributed by atoms with van der Waals surface area (Å²) < 4.78 is 14.0. The van der Waals surface area contributed by atoms with E-state index in [0.717, 1.165) is 88.8 Å². The summed E-state index contributed by atoms with van der Waals surface area (Å²) in [4.78, 5) is 4.96. The number of fused-ring (bicyclic) bond motifs is 18. The lowest BCUT2D eigenvalue weighted by Gasteiger charge is -2.46. The van der Waals surface area contributed by atoms with Crippen molar-refractivity contribution in [2.45, 2.75) is 24.7 Å². The minimum Gasteiger partial charge on any atom is -0.454 e. The minimum absolute atomic E-state index is 0.661. The lowest BCUT2D eigenvalue weighted by Crippen LogP contribution is -2.44. The van der Waals surface area contributed by atoms with Gasteiger partial charge in [-0.25, -0.2) is 0 Å². The van der Waals surface area contributed by atoms with Gasteiger partial charge in [0.1, 0.15) is 11.2 Å². The zero-order valence-corrected chi connectivity index (χ0v) is 46.3. The van der Waals surface area contributed by atoms with Crippen LogP contribution in [0.5, 0.6) is 0 Å². The Kier molecular flexibility index (Phi) is 9.75. The molecule has 0 saturated carbocycles. The number of hydrogen-bond acceptors (Lipinski definition) is 4. The monoisotopic (exact) mass is 1070 g/mol. The van der Waals surface area contributed by atoms with Crippen LogP contribution >= 0.6 is 0 Å². The van der Waals surface area contributed by atoms with E-state index in [-0.39, 0.29) is 0 Å². The van der Waals surface area contributed by atoms with Gasteiger partial charge in [0.15, 0.2) is 11.2 Å². The fraction of sp³-hybridized carbons (Fsp3) is 0.0500. The summed E-state index contributed by atoms with van der Waals surface area (Å²) in [5.41, 5.74) is 18.6. The highest BCUT2D eigenvalue weighted by Gasteiger charge is 2.58. The van der Waals surface area contributed by atoms with Crippen molar-refractivity contribution in [1.29, 1.82) is 0 Å². The fourth-order valence-electron chi connectivity index (χ4n) is 15.4. The van der Waals surface area contributed by atoms with E-state index in [1.54, 1.807) is 0 Å². The molecule has 2 aliphatic rings. The SMILES string of the molecule is CC1(C2(C)c3ccccc3-c3c2cc(N(c2ccc4ccccc4c2)c2cccc4c2oc2ccccc24)c2ccccc32)c2ccccc2-c2c1cc(N(c1ccc3ccccc3c1)c1cccc3c1oc1ccccc13)c1ccccc21. The third-order valence-corrected chi connectivity index (χ3v) is 19.3. The Balaban J connectivity index is 0.948. The maximum atomic E-state index is 7.00. The second-order valence-corrected chi connectivity index (χ2v) is 23.3. The summed E-state index contributed by atoms with van der Waals surface area (Å²) in [5, 5.41) is 13.8. The largest absolute Gasteiger partial charge is 0.454 e. The predicted molar refractivity (Wildman–Crippen MR) is 351 cm³/mol. The first kappa shape index (κ1) is 47.0. The van der Waals surface area contributed by atoms with Gasteiger partial charge in [0, 0.05) is 54.5 Å². The molecule has 0 amide bonds. The molecule has 14 aromatic carbocycles. The average molecular weight is 1070 g/mol. The minimum atomic E-state index is -0.661. The van der Waals surface area contributed by atoms with Crippen molar-refractivity contribution >= 4 is 121 Å². The summed E-state index contributed by atoms with van der Waals surface area (Å²) >= 11 is 0. The van der Waals surface area contributed by atoms with Gasteiger partial charge in [-0.05, 0) is 137 Å². The van der Waals surface area contributed by atoms with Gasteiger partial charge in [-0.3, -0.25) is 0 Å². The quantitative estimate of drug-likeness (QED) is 0.159. The van der Waals surface area contributed by atoms with Crippen LogP contribution in [-0.2, 0) is 10.8 Å². The van der Waals surface area contributed by atoms with Crippen molar-refractivity contribution in [3.63, 3.8) is 0 Å². The zero-order valence-electron chi connectivity index (χ0n) is 46.3. The Morgan fingerprint density at radius 2 is 0.619 bits per heavy atom. The molecule has 0 aliphatic heterocycles. The van der Waals surface area contributed by atoms with Crippen molar-refractivity contribution in [2.75, 3.05) is 9.80 Å². The van der Waals surface area contributed by atoms with Crippen LogP contribution in [0, 0.1) is 0 Å². The van der Waals surface area contributed by atoms with Gasteiger partial charge >= 0.3 is 0 Å². The highest BCUT2D eigenvalue weighted by atomic mass is 16.3. The van der Waals surface area contributed by atoms with E-state index in [9.17, 15) is 0 Å². The molecule has 2 aliphatic carbocycles. The third-order valence-electron chi connectivity index (χ3n) is 19.3. The molecule has 18 rings (SSSR count). The van der Waals surface area contributed by atoms with Gasteiger partial charge < -0.3 is 18.6 Å². The predicted octanol–water partition coefficient (Wildman–Crippen LogP) is 22.3. The van der Waals surface area contributed by atoms with Crippen LogP contribution in [-0.4, -0.2) is 0 Å². The average Bonchev–Trinajstić information content (AvgIpc) is 2.00. The smallest absolute Gasteiger partial charge is 0.159 e. The molecule has 0 saturated heterocycles. The van der Waals surface area contributed by atoms with Gasteiger partial charge in [-0.1, -0.05) is 232 Å². The number of rotatable bonds is 7. The number of anilines is 6. The standard InChI is InChI=1S/C80H52N2O2/c1-79(65-35-15-11-31-63(65)75-59-29-9-7-25-55(59)71(47-67(75)79)81(53-43-41-49-21-3-5-23-51(49)45-53)69-37-19-33-61-57-27-13-17-39-73(57)83-77(61)69)80(2)66-36-16-12-32-64(66)76-60-30-10-8-26-56(60)72(48-68(76)80)82(54-44-42-50-22-4-6-24-52(50)46-54)70-38-20-34-62-58-28-14-18-40-74(58)84-78(62)70/h3-48H,1-2H3. The molecule has 16 aromatic rings. The fourth-order valence-corrected chi connectivity index (χ4v) is 15.4. The Morgan fingerprint density at radius 1 is 0.262 bits per heavy atom. The second kappa shape index (κ2) is 17.4. The van der Waals surface area contributed by atoms with Crippen LogP contribution in [0.4, 0.5) is 34.1 Å². The van der Waals surface area contributed by atoms with Gasteiger partial charge in [-0.15, -0.1) is 0 Å². The van der Waals surface area contributed by atoms with Crippen molar-refractivity contribution in [2.24, 2.45) is 0 Å². The van der Waals surface area contributed by atoms with Crippen molar-refractivity contribution < 1.29 is 8.83 Å². The molecule has 0 radical (unpaired) electrons. The molecule has 0 bridgehead atoms. The van der Waals surface area contributed by atoms with Crippen LogP contribution < -0.4 is 9.80 Å². The number of furan rings is 2. The molecule has 4 nitrogen and oxygen atoms in total. The number of hydrogen-bond donors (Lipinski definition) is 0. The Morgan fingerprint density at radius 3 is 1.07 bits per heavy atom. The van der Waals surface area contributed by atoms with E-state index < -0.39 is 10.8 Å². The first-order valence-electron chi connectivity index (χ1n) is 29.1. The molecule has 0 N–H and O–H groups in total. The molecule has 4 heteroatoms. The summed E-state index contributed by atoms with van der Waals surface area (Å²) in [6.07, 6.45) is 0. The highest BCUT2D eigenvalue weighted by molar-refractivity contribution is 6.17. The molecule has 2 heterocycles. The second-order valence-electron chi connectivity index (χ2n) is 23.3. The Hall–Kier alpha value is -10.7. The van der Waals surface area contributed by atoms with Crippen LogP contribution in [0.1, 0.15) is 36.1 Å². The van der Waals surface area contributed by atoms with Crippen LogP contribution in [0.3, 0.4) is 0 Å². The first-order valence-corrected chi connectivity index (χ1v) is 29.1. The summed E-state index contributed by atoms with van der Waals surface area (Å²) in [7, 11) is 0. The molecule has 0 fully saturated rings. The molecule has 84 heavy (non-hydrogen) atoms. The van der Waals surface area contributed by atoms with Crippen molar-refractivity contribution in [3.8, 4) is 22.3 Å². The van der Waals surface area contributed by atoms with Gasteiger partial charge in [0.2, 0.25) is 0 Å². The molecule has 2 unspecified atom stereocenters. The topological polar surface area (TPSA) is 32.8 Å².